The van der Waals surface area contributed by atoms with Gasteiger partial charge in [0.05, 0.1) is 22.6 Å². The molecule has 2 aliphatic carbocycles. The van der Waals surface area contributed by atoms with Gasteiger partial charge in [0.15, 0.2) is 0 Å². The average Bonchev–Trinajstić information content (AvgIpc) is 3.20. The van der Waals surface area contributed by atoms with Crippen LogP contribution < -0.4 is 16.2 Å². The molecule has 2 aliphatic rings. The molecule has 60 heavy (non-hydrogen) atoms. The Morgan fingerprint density at radius 3 is 2.13 bits per heavy atom. The summed E-state index contributed by atoms with van der Waals surface area (Å²) in [6, 6.07) is 21.8. The summed E-state index contributed by atoms with van der Waals surface area (Å²) in [6.07, 6.45) is 2.80. The van der Waals surface area contributed by atoms with Gasteiger partial charge in [-0.05, 0) is 41.3 Å². The summed E-state index contributed by atoms with van der Waals surface area (Å²) in [5.41, 5.74) is 5.29. The van der Waals surface area contributed by atoms with Crippen LogP contribution >= 0.6 is 0 Å². The normalized spacial score (nSPS) is 14.1. The third kappa shape index (κ3) is 9.17. The Morgan fingerprint density at radius 2 is 1.43 bits per heavy atom. The van der Waals surface area contributed by atoms with Crippen LogP contribution in [0.25, 0.3) is 21.8 Å². The number of nitro benzene ring substituents is 2. The molecule has 5 aromatic carbocycles. The Labute approximate surface area is 351 Å². The van der Waals surface area contributed by atoms with Crippen molar-refractivity contribution in [3.05, 3.63) is 146 Å². The number of methoxy groups -OCH3 is 1. The van der Waals surface area contributed by atoms with Crippen molar-refractivity contribution in [3.63, 3.8) is 0 Å². The minimum absolute atomic E-state index is 0. The Hall–Kier alpha value is -7.77. The molecular weight excluding hydrogens is 847 g/mol. The zero-order valence-electron chi connectivity index (χ0n) is 32.4. The molecule has 7 rings (SSSR count). The summed E-state index contributed by atoms with van der Waals surface area (Å²) >= 11 is 0. The predicted molar refractivity (Wildman–Crippen MR) is 217 cm³/mol. The largest absolute Gasteiger partial charge is 1.00 e. The number of fused-ring (bicyclic) bond motifs is 3. The van der Waals surface area contributed by atoms with Crippen LogP contribution in [0.1, 0.15) is 25.1 Å². The number of allylic oxidation sites excluding steroid dienone is 2. The third-order valence-corrected chi connectivity index (χ3v) is 9.47. The number of non-ortho nitro benzene ring substituents is 2. The number of ketones is 2. The summed E-state index contributed by atoms with van der Waals surface area (Å²) in [7, 11) is -3.63. The molecule has 304 valence electrons. The molecule has 0 saturated carbocycles. The number of carbonyl (C=O) groups is 3. The number of nitrogens with one attached hydrogen (secondary N) is 3. The van der Waals surface area contributed by atoms with Gasteiger partial charge in [0.2, 0.25) is 11.6 Å². The van der Waals surface area contributed by atoms with E-state index in [9.17, 15) is 57.8 Å². The van der Waals surface area contributed by atoms with Gasteiger partial charge in [-0.2, -0.15) is 18.6 Å². The Morgan fingerprint density at radius 1 is 0.767 bits per heavy atom. The fraction of sp³-hybridized carbons (Fsp3) is 0.0263. The van der Waals surface area contributed by atoms with Gasteiger partial charge in [-0.15, -0.1) is 0 Å². The van der Waals surface area contributed by atoms with E-state index in [0.29, 0.717) is 28.3 Å². The second-order valence-corrected chi connectivity index (χ2v) is 13.6. The van der Waals surface area contributed by atoms with Gasteiger partial charge in [0, 0.05) is 69.8 Å². The molecule has 5 aromatic rings. The molecule has 20 nitrogen and oxygen atoms in total. The van der Waals surface area contributed by atoms with Crippen molar-refractivity contribution < 1.29 is 72.4 Å². The molecule has 0 unspecified atom stereocenters. The molecule has 0 heterocycles. The van der Waals surface area contributed by atoms with Gasteiger partial charge in [-0.25, -0.2) is 4.79 Å². The molecule has 1 amide bonds. The third-order valence-electron chi connectivity index (χ3n) is 8.58. The number of aromatic hydroxyl groups is 2. The number of phenols is 2. The van der Waals surface area contributed by atoms with Gasteiger partial charge in [0.25, 0.3) is 21.5 Å². The van der Waals surface area contributed by atoms with E-state index in [1.165, 1.54) is 25.3 Å². The van der Waals surface area contributed by atoms with Crippen LogP contribution in [0.2, 0.25) is 0 Å². The summed E-state index contributed by atoms with van der Waals surface area (Å²) in [4.78, 5) is 56.4. The molecule has 0 aromatic heterocycles. The number of hydrogen-bond donors (Lipinski definition) is 6. The van der Waals surface area contributed by atoms with Crippen LogP contribution in [-0.2, 0) is 41.8 Å². The number of nitrogens with zero attached hydrogens (tertiary/aromatic N) is 4. The molecule has 0 saturated heterocycles. The summed E-state index contributed by atoms with van der Waals surface area (Å²) in [6.45, 7) is 0. The number of hydrogen-bond acceptors (Lipinski definition) is 16. The first kappa shape index (κ1) is 43.4. The number of hydrazone groups is 2. The van der Waals surface area contributed by atoms with E-state index >= 15 is 0 Å². The van der Waals surface area contributed by atoms with Crippen molar-refractivity contribution in [1.82, 2.24) is 0 Å². The number of rotatable bonds is 8. The van der Waals surface area contributed by atoms with Crippen molar-refractivity contribution >= 4 is 89.4 Å². The molecule has 0 aliphatic heterocycles. The molecule has 0 fully saturated rings. The number of phenolic OH excluding ortho intramolecular Hbond substituents is 2. The van der Waals surface area contributed by atoms with E-state index in [2.05, 4.69) is 31.1 Å². The standard InChI is InChI=1S/C20H13N3O7S.C18H14N4O6.Cr/c24-16-8-5-11-3-1-2-4-13(11)19(16)21-22-20-14-7-6-12(23(26)27)9-15(14)18(10-17(20)25)31(28,29)30;1-28-18(25)19-12-4-2-3-10-5-7-15(24)17(16(10)12)21-20-13-9-11(22(26)27)6-8-14(13)23;/h1-10,21,24H,(H,28,29,30);2-9,20,23H,1H3,(H,19,25);/p+2/b22-20-;21-17+;. The van der Waals surface area contributed by atoms with E-state index < -0.39 is 48.2 Å². The van der Waals surface area contributed by atoms with Crippen LogP contribution in [0.5, 0.6) is 11.5 Å². The molecular formula is C38H29CrN7O13S+2. The van der Waals surface area contributed by atoms with Crippen LogP contribution in [0.4, 0.5) is 33.2 Å². The zero-order valence-corrected chi connectivity index (χ0v) is 32.5. The fourth-order valence-electron chi connectivity index (χ4n) is 5.83. The predicted octanol–water partition coefficient (Wildman–Crippen LogP) is 6.19. The topological polar surface area (TPSA) is 302 Å². The Kier molecular flexibility index (Phi) is 12.9. The van der Waals surface area contributed by atoms with Crippen molar-refractivity contribution in [2.24, 2.45) is 10.2 Å². The number of nitro groups is 2. The number of amides is 1. The quantitative estimate of drug-likeness (QED) is 0.0438. The maximum Gasteiger partial charge on any atom is 1.00 e. The van der Waals surface area contributed by atoms with Crippen LogP contribution in [0, 0.1) is 20.2 Å². The molecule has 0 spiro atoms. The van der Waals surface area contributed by atoms with Crippen molar-refractivity contribution in [2.45, 2.75) is 0 Å². The van der Waals surface area contributed by atoms with Gasteiger partial charge in [-0.1, -0.05) is 48.5 Å². The first-order valence-corrected chi connectivity index (χ1v) is 18.1. The number of ether oxygens (including phenoxy) is 1. The maximum absolute atomic E-state index is 12.6. The molecule has 6 N–H and O–H groups in total. The van der Waals surface area contributed by atoms with Crippen molar-refractivity contribution in [3.8, 4) is 11.5 Å². The molecule has 0 bridgehead atoms. The van der Waals surface area contributed by atoms with Crippen LogP contribution in [0.15, 0.2) is 113 Å². The molecule has 0 atom stereocenters. The van der Waals surface area contributed by atoms with Crippen molar-refractivity contribution in [2.75, 3.05) is 23.3 Å². The number of benzene rings is 5. The number of carbonyl (C=O) groups excluding carboxylic acids is 3. The zero-order chi connectivity index (χ0) is 42.6. The Bertz CT molecular complexity index is 2890. The second-order valence-electron chi connectivity index (χ2n) is 12.2. The fourth-order valence-corrected chi connectivity index (χ4v) is 6.54. The minimum atomic E-state index is -4.84. The minimum Gasteiger partial charge on any atom is -0.506 e. The van der Waals surface area contributed by atoms with E-state index in [0.717, 1.165) is 35.7 Å². The van der Waals surface area contributed by atoms with E-state index in [1.807, 2.05) is 12.1 Å². The maximum atomic E-state index is 12.6. The first-order valence-electron chi connectivity index (χ1n) is 16.7. The van der Waals surface area contributed by atoms with Crippen molar-refractivity contribution in [1.29, 1.82) is 0 Å². The van der Waals surface area contributed by atoms with Crippen LogP contribution in [-0.4, -0.2) is 69.2 Å². The number of anilines is 3. The van der Waals surface area contributed by atoms with E-state index in [1.54, 1.807) is 42.5 Å². The van der Waals surface area contributed by atoms with Crippen LogP contribution in [0.3, 0.4) is 0 Å². The monoisotopic (exact) mass is 875 g/mol. The summed E-state index contributed by atoms with van der Waals surface area (Å²) in [5.74, 6) is -1.72. The summed E-state index contributed by atoms with van der Waals surface area (Å²) < 4.78 is 37.5. The van der Waals surface area contributed by atoms with Gasteiger partial charge in [0.1, 0.15) is 39.2 Å². The Balaban J connectivity index is 0.000000317. The van der Waals surface area contributed by atoms with Gasteiger partial charge in [-0.3, -0.25) is 50.5 Å². The van der Waals surface area contributed by atoms with E-state index in [4.69, 9.17) is 0 Å². The summed E-state index contributed by atoms with van der Waals surface area (Å²) in [5, 5.41) is 54.1. The average molecular weight is 876 g/mol. The van der Waals surface area contributed by atoms with Gasteiger partial charge < -0.3 is 14.9 Å². The smallest absolute Gasteiger partial charge is 0.506 e. The molecule has 22 heteroatoms. The molecule has 0 radical (unpaired) electrons. The SMILES string of the molecule is COC(=O)Nc1cccc2c1/C(=N/Nc1cc([N+](=O)[O-])ccc1O)C(=O)C=C2.O=C1C=C(S(=O)(=O)O)c2cc([N+](=O)[O-])ccc2/C1=N/Nc1c(O)ccc2ccccc12.[Cr].[H+].[H+]. The van der Waals surface area contributed by atoms with Gasteiger partial charge >= 0.3 is 8.95 Å². The first-order chi connectivity index (χ1) is 28.1. The second kappa shape index (κ2) is 17.8. The van der Waals surface area contributed by atoms with E-state index in [-0.39, 0.29) is 71.3 Å².